The van der Waals surface area contributed by atoms with E-state index in [-0.39, 0.29) is 0 Å². The van der Waals surface area contributed by atoms with Crippen LogP contribution in [0.2, 0.25) is 0 Å². The minimum Gasteiger partial charge on any atom is -0.365 e. The van der Waals surface area contributed by atoms with Gasteiger partial charge in [-0.15, -0.1) is 0 Å². The highest BCUT2D eigenvalue weighted by molar-refractivity contribution is 5.86. The number of nitrogens with zero attached hydrogens (tertiary/aromatic N) is 5. The van der Waals surface area contributed by atoms with E-state index in [1.165, 1.54) is 5.56 Å². The van der Waals surface area contributed by atoms with Crippen molar-refractivity contribution in [2.75, 3.05) is 18.4 Å². The number of rotatable bonds is 6. The predicted molar refractivity (Wildman–Crippen MR) is 104 cm³/mol. The van der Waals surface area contributed by atoms with E-state index in [1.54, 1.807) is 0 Å². The van der Waals surface area contributed by atoms with Crippen LogP contribution < -0.4 is 5.32 Å². The molecule has 1 fully saturated rings. The standard InChI is InChI=1S/C20H26N6/c1-3-7-18-23-19(17-12-21-25(2)20(17)24-18)22-16-10-11-26(14-16)13-15-8-5-4-6-9-15/h4-6,8-9,12,16H,3,7,10-11,13-14H2,1-2H3,(H,22,23,24)/t16-/m1/s1. The maximum Gasteiger partial charge on any atom is 0.163 e. The second-order valence-corrected chi connectivity index (χ2v) is 7.09. The lowest BCUT2D eigenvalue weighted by molar-refractivity contribution is 0.328. The molecular formula is C20H26N6. The molecule has 0 amide bonds. The maximum absolute atomic E-state index is 4.78. The minimum atomic E-state index is 0.409. The Morgan fingerprint density at radius 1 is 1.19 bits per heavy atom. The van der Waals surface area contributed by atoms with Crippen LogP contribution in [0.5, 0.6) is 0 Å². The molecule has 1 atom stereocenters. The average molecular weight is 350 g/mol. The van der Waals surface area contributed by atoms with Gasteiger partial charge in [0.1, 0.15) is 11.6 Å². The Kier molecular flexibility index (Phi) is 4.84. The van der Waals surface area contributed by atoms with E-state index in [0.29, 0.717) is 6.04 Å². The third-order valence-corrected chi connectivity index (χ3v) is 4.97. The van der Waals surface area contributed by atoms with E-state index in [4.69, 9.17) is 4.98 Å². The van der Waals surface area contributed by atoms with Crippen molar-refractivity contribution in [3.63, 3.8) is 0 Å². The van der Waals surface area contributed by atoms with Crippen LogP contribution in [0.4, 0.5) is 5.82 Å². The quantitative estimate of drug-likeness (QED) is 0.740. The molecule has 0 aliphatic carbocycles. The summed E-state index contributed by atoms with van der Waals surface area (Å²) >= 11 is 0. The third kappa shape index (κ3) is 3.55. The number of anilines is 1. The van der Waals surface area contributed by atoms with E-state index < -0.39 is 0 Å². The zero-order chi connectivity index (χ0) is 17.9. The third-order valence-electron chi connectivity index (χ3n) is 4.97. The van der Waals surface area contributed by atoms with Crippen molar-refractivity contribution in [2.45, 2.75) is 38.8 Å². The van der Waals surface area contributed by atoms with Gasteiger partial charge in [-0.3, -0.25) is 9.58 Å². The molecule has 1 N–H and O–H groups in total. The fourth-order valence-electron chi connectivity index (χ4n) is 3.64. The molecule has 6 nitrogen and oxygen atoms in total. The topological polar surface area (TPSA) is 58.9 Å². The number of likely N-dealkylation sites (tertiary alicyclic amines) is 1. The maximum atomic E-state index is 4.78. The van der Waals surface area contributed by atoms with Crippen LogP contribution in [-0.4, -0.2) is 43.8 Å². The molecule has 1 aliphatic heterocycles. The summed E-state index contributed by atoms with van der Waals surface area (Å²) in [7, 11) is 1.94. The number of hydrogen-bond acceptors (Lipinski definition) is 5. The summed E-state index contributed by atoms with van der Waals surface area (Å²) in [5.74, 6) is 1.82. The van der Waals surface area contributed by atoms with Crippen LogP contribution in [0.25, 0.3) is 11.0 Å². The van der Waals surface area contributed by atoms with E-state index in [1.807, 2.05) is 17.9 Å². The Labute approximate surface area is 154 Å². The van der Waals surface area contributed by atoms with Gasteiger partial charge in [0.05, 0.1) is 11.6 Å². The number of nitrogens with one attached hydrogen (secondary N) is 1. The van der Waals surface area contributed by atoms with Crippen LogP contribution >= 0.6 is 0 Å². The molecule has 0 saturated carbocycles. The van der Waals surface area contributed by atoms with Gasteiger partial charge < -0.3 is 5.32 Å². The Morgan fingerprint density at radius 3 is 2.85 bits per heavy atom. The lowest BCUT2D eigenvalue weighted by atomic mass is 10.2. The van der Waals surface area contributed by atoms with Crippen LogP contribution in [0.15, 0.2) is 36.5 Å². The lowest BCUT2D eigenvalue weighted by Crippen LogP contribution is -2.26. The summed E-state index contributed by atoms with van der Waals surface area (Å²) in [6.45, 7) is 5.30. The summed E-state index contributed by atoms with van der Waals surface area (Å²) in [6.07, 6.45) is 4.92. The molecule has 0 bridgehead atoms. The van der Waals surface area contributed by atoms with Gasteiger partial charge >= 0.3 is 0 Å². The van der Waals surface area contributed by atoms with Gasteiger partial charge in [-0.2, -0.15) is 5.10 Å². The number of aryl methyl sites for hydroxylation is 2. The van der Waals surface area contributed by atoms with Gasteiger partial charge in [-0.05, 0) is 18.4 Å². The first-order chi connectivity index (χ1) is 12.7. The molecule has 3 heterocycles. The summed E-state index contributed by atoms with van der Waals surface area (Å²) in [6, 6.07) is 11.1. The second kappa shape index (κ2) is 7.41. The molecule has 1 saturated heterocycles. The second-order valence-electron chi connectivity index (χ2n) is 7.09. The number of fused-ring (bicyclic) bond motifs is 1. The van der Waals surface area contributed by atoms with E-state index in [0.717, 1.165) is 61.6 Å². The van der Waals surface area contributed by atoms with Crippen molar-refractivity contribution in [3.8, 4) is 0 Å². The van der Waals surface area contributed by atoms with Gasteiger partial charge in [0.15, 0.2) is 5.65 Å². The van der Waals surface area contributed by atoms with Gasteiger partial charge in [0, 0.05) is 39.1 Å². The van der Waals surface area contributed by atoms with E-state index in [2.05, 4.69) is 57.6 Å². The van der Waals surface area contributed by atoms with Gasteiger partial charge in [-0.1, -0.05) is 37.3 Å². The van der Waals surface area contributed by atoms with Crippen molar-refractivity contribution < 1.29 is 0 Å². The van der Waals surface area contributed by atoms with Gasteiger partial charge in [0.2, 0.25) is 0 Å². The van der Waals surface area contributed by atoms with Crippen LogP contribution in [0.1, 0.15) is 31.2 Å². The SMILES string of the molecule is CCCc1nc(N[C@@H]2CCN(Cc3ccccc3)C2)c2cnn(C)c2n1. The highest BCUT2D eigenvalue weighted by atomic mass is 15.3. The molecule has 136 valence electrons. The zero-order valence-corrected chi connectivity index (χ0v) is 15.5. The average Bonchev–Trinajstić information content (AvgIpc) is 3.23. The Morgan fingerprint density at radius 2 is 2.04 bits per heavy atom. The molecule has 1 aliphatic rings. The fourth-order valence-corrected chi connectivity index (χ4v) is 3.64. The lowest BCUT2D eigenvalue weighted by Gasteiger charge is -2.17. The van der Waals surface area contributed by atoms with Crippen LogP contribution in [0, 0.1) is 0 Å². The fraction of sp³-hybridized carbons (Fsp3) is 0.450. The molecule has 0 radical (unpaired) electrons. The highest BCUT2D eigenvalue weighted by Crippen LogP contribution is 2.23. The van der Waals surface area contributed by atoms with Crippen molar-refractivity contribution in [1.82, 2.24) is 24.6 Å². The van der Waals surface area contributed by atoms with Crippen LogP contribution in [-0.2, 0) is 20.0 Å². The Balaban J connectivity index is 1.49. The summed E-state index contributed by atoms with van der Waals surface area (Å²) in [4.78, 5) is 12.0. The number of aromatic nitrogens is 4. The minimum absolute atomic E-state index is 0.409. The normalized spacial score (nSPS) is 17.8. The summed E-state index contributed by atoms with van der Waals surface area (Å²) < 4.78 is 1.83. The van der Waals surface area contributed by atoms with Crippen molar-refractivity contribution in [3.05, 3.63) is 47.9 Å². The summed E-state index contributed by atoms with van der Waals surface area (Å²) in [5, 5.41) is 9.04. The monoisotopic (exact) mass is 350 g/mol. The first-order valence-corrected chi connectivity index (χ1v) is 9.44. The van der Waals surface area contributed by atoms with E-state index in [9.17, 15) is 0 Å². The number of benzene rings is 1. The molecule has 3 aromatic rings. The molecule has 6 heteroatoms. The van der Waals surface area contributed by atoms with E-state index >= 15 is 0 Å². The molecule has 4 rings (SSSR count). The largest absolute Gasteiger partial charge is 0.365 e. The Hall–Kier alpha value is -2.47. The Bertz CT molecular complexity index is 873. The van der Waals surface area contributed by atoms with Crippen molar-refractivity contribution in [1.29, 1.82) is 0 Å². The molecular weight excluding hydrogens is 324 g/mol. The predicted octanol–water partition coefficient (Wildman–Crippen LogP) is 3.00. The molecule has 0 unspecified atom stereocenters. The van der Waals surface area contributed by atoms with Gasteiger partial charge in [0.25, 0.3) is 0 Å². The molecule has 0 spiro atoms. The first kappa shape index (κ1) is 17.0. The van der Waals surface area contributed by atoms with Crippen molar-refractivity contribution >= 4 is 16.9 Å². The summed E-state index contributed by atoms with van der Waals surface area (Å²) in [5.41, 5.74) is 2.28. The number of hydrogen-bond donors (Lipinski definition) is 1. The smallest absolute Gasteiger partial charge is 0.163 e. The first-order valence-electron chi connectivity index (χ1n) is 9.44. The molecule has 2 aromatic heterocycles. The van der Waals surface area contributed by atoms with Crippen molar-refractivity contribution in [2.24, 2.45) is 7.05 Å². The van der Waals surface area contributed by atoms with Gasteiger partial charge in [-0.25, -0.2) is 9.97 Å². The van der Waals surface area contributed by atoms with Crippen LogP contribution in [0.3, 0.4) is 0 Å². The molecule has 1 aromatic carbocycles. The zero-order valence-electron chi connectivity index (χ0n) is 15.5. The highest BCUT2D eigenvalue weighted by Gasteiger charge is 2.24. The molecule has 26 heavy (non-hydrogen) atoms.